The molecule has 0 aromatic rings. The molecule has 0 radical (unpaired) electrons. The standard InChI is InChI=1S/C23H41NO6S/c1-4-6-9-12-18(25)15-16-20-19(21(26)17-22(20)27)13-10-7-8-11-14-23(28)24(5-2)31(3,29)30/h7,10,15-16,18-22,25-27H,4-6,8-9,11-14,17H2,1-3H3/b10-7+,16-15+/t18-,19+,20+,21-,22+/m0/s1. The van der Waals surface area contributed by atoms with Crippen molar-refractivity contribution in [3.05, 3.63) is 24.3 Å². The minimum atomic E-state index is -3.52. The van der Waals surface area contributed by atoms with Crippen molar-refractivity contribution in [3.63, 3.8) is 0 Å². The number of aliphatic hydroxyl groups excluding tert-OH is 3. The summed E-state index contributed by atoms with van der Waals surface area (Å²) in [5, 5.41) is 30.7. The molecule has 0 spiro atoms. The van der Waals surface area contributed by atoms with Crippen LogP contribution in [0.15, 0.2) is 24.3 Å². The highest BCUT2D eigenvalue weighted by Gasteiger charge is 2.39. The van der Waals surface area contributed by atoms with E-state index in [0.717, 1.165) is 29.8 Å². The molecule has 1 saturated carbocycles. The molecule has 8 heteroatoms. The number of sulfonamides is 1. The van der Waals surface area contributed by atoms with E-state index in [9.17, 15) is 28.5 Å². The Kier molecular flexibility index (Phi) is 12.6. The smallest absolute Gasteiger partial charge is 0.236 e. The highest BCUT2D eigenvalue weighted by Crippen LogP contribution is 2.36. The van der Waals surface area contributed by atoms with Crippen LogP contribution in [0.3, 0.4) is 0 Å². The second-order valence-electron chi connectivity index (χ2n) is 8.48. The van der Waals surface area contributed by atoms with E-state index in [0.29, 0.717) is 32.1 Å². The van der Waals surface area contributed by atoms with Gasteiger partial charge in [-0.15, -0.1) is 0 Å². The monoisotopic (exact) mass is 459 g/mol. The van der Waals surface area contributed by atoms with E-state index in [-0.39, 0.29) is 24.8 Å². The van der Waals surface area contributed by atoms with Gasteiger partial charge in [-0.3, -0.25) is 4.79 Å². The number of amides is 1. The normalized spacial score (nSPS) is 25.5. The second-order valence-corrected chi connectivity index (χ2v) is 10.4. The van der Waals surface area contributed by atoms with E-state index in [1.165, 1.54) is 0 Å². The van der Waals surface area contributed by atoms with Crippen LogP contribution in [-0.2, 0) is 14.8 Å². The highest BCUT2D eigenvalue weighted by atomic mass is 32.2. The zero-order valence-electron chi connectivity index (χ0n) is 19.2. The van der Waals surface area contributed by atoms with Crippen molar-refractivity contribution >= 4 is 15.9 Å². The van der Waals surface area contributed by atoms with Crippen LogP contribution in [0.5, 0.6) is 0 Å². The molecule has 3 N–H and O–H groups in total. The van der Waals surface area contributed by atoms with Crippen molar-refractivity contribution in [3.8, 4) is 0 Å². The van der Waals surface area contributed by atoms with Gasteiger partial charge < -0.3 is 15.3 Å². The molecule has 31 heavy (non-hydrogen) atoms. The zero-order chi connectivity index (χ0) is 23.4. The molecule has 1 rings (SSSR count). The fraction of sp³-hybridized carbons (Fsp3) is 0.783. The molecule has 0 aliphatic heterocycles. The summed E-state index contributed by atoms with van der Waals surface area (Å²) < 4.78 is 24.0. The SMILES string of the molecule is CCCCC[C@H](O)/C=C/[C@@H]1[C@@H](C/C=C/CCCC(=O)N(CC)S(C)(=O)=O)[C@@H](O)C[C@H]1O. The number of nitrogens with zero attached hydrogens (tertiary/aromatic N) is 1. The quantitative estimate of drug-likeness (QED) is 0.272. The Hall–Kier alpha value is -1.22. The first-order chi connectivity index (χ1) is 14.6. The molecule has 7 nitrogen and oxygen atoms in total. The summed E-state index contributed by atoms with van der Waals surface area (Å²) in [6.45, 7) is 3.89. The lowest BCUT2D eigenvalue weighted by molar-refractivity contribution is -0.126. The number of allylic oxidation sites excluding steroid dienone is 2. The number of aliphatic hydroxyl groups is 3. The van der Waals surface area contributed by atoms with Crippen molar-refractivity contribution < 1.29 is 28.5 Å². The lowest BCUT2D eigenvalue weighted by Crippen LogP contribution is -2.35. The van der Waals surface area contributed by atoms with E-state index in [4.69, 9.17) is 0 Å². The average molecular weight is 460 g/mol. The van der Waals surface area contributed by atoms with E-state index in [2.05, 4.69) is 6.92 Å². The average Bonchev–Trinajstić information content (AvgIpc) is 2.95. The van der Waals surface area contributed by atoms with Crippen molar-refractivity contribution in [1.29, 1.82) is 0 Å². The van der Waals surface area contributed by atoms with Gasteiger partial charge >= 0.3 is 0 Å². The topological polar surface area (TPSA) is 115 Å². The third-order valence-electron chi connectivity index (χ3n) is 5.88. The first-order valence-corrected chi connectivity index (χ1v) is 13.3. The number of carbonyl (C=O) groups is 1. The van der Waals surface area contributed by atoms with Crippen LogP contribution < -0.4 is 0 Å². The number of unbranched alkanes of at least 4 members (excludes halogenated alkanes) is 3. The van der Waals surface area contributed by atoms with Crippen LogP contribution in [0, 0.1) is 11.8 Å². The Morgan fingerprint density at radius 3 is 2.45 bits per heavy atom. The maximum Gasteiger partial charge on any atom is 0.236 e. The second kappa shape index (κ2) is 14.0. The van der Waals surface area contributed by atoms with Crippen LogP contribution in [0.4, 0.5) is 0 Å². The van der Waals surface area contributed by atoms with E-state index >= 15 is 0 Å². The predicted molar refractivity (Wildman–Crippen MR) is 123 cm³/mol. The van der Waals surface area contributed by atoms with Gasteiger partial charge in [0.25, 0.3) is 0 Å². The van der Waals surface area contributed by atoms with Gasteiger partial charge in [0.05, 0.1) is 24.6 Å². The third kappa shape index (κ3) is 9.85. The van der Waals surface area contributed by atoms with Gasteiger partial charge in [-0.1, -0.05) is 50.5 Å². The molecular weight excluding hydrogens is 418 g/mol. The Balaban J connectivity index is 2.48. The molecule has 180 valence electrons. The van der Waals surface area contributed by atoms with Gasteiger partial charge in [0.2, 0.25) is 15.9 Å². The maximum atomic E-state index is 12.0. The molecule has 0 saturated heterocycles. The molecule has 5 atom stereocenters. The van der Waals surface area contributed by atoms with Crippen molar-refractivity contribution in [2.45, 2.75) is 89.9 Å². The number of hydrogen-bond acceptors (Lipinski definition) is 6. The number of rotatable bonds is 14. The summed E-state index contributed by atoms with van der Waals surface area (Å²) in [6, 6.07) is 0. The first-order valence-electron chi connectivity index (χ1n) is 11.5. The molecule has 0 heterocycles. The van der Waals surface area contributed by atoms with E-state index in [1.54, 1.807) is 13.0 Å². The molecule has 0 bridgehead atoms. The van der Waals surface area contributed by atoms with E-state index < -0.39 is 34.2 Å². The van der Waals surface area contributed by atoms with Crippen LogP contribution >= 0.6 is 0 Å². The summed E-state index contributed by atoms with van der Waals surface area (Å²) in [5.41, 5.74) is 0. The van der Waals surface area contributed by atoms with Gasteiger partial charge in [-0.05, 0) is 38.5 Å². The summed E-state index contributed by atoms with van der Waals surface area (Å²) in [6.07, 6.45) is 12.9. The van der Waals surface area contributed by atoms with E-state index in [1.807, 2.05) is 18.2 Å². The fourth-order valence-electron chi connectivity index (χ4n) is 4.13. The molecule has 1 aliphatic carbocycles. The lowest BCUT2D eigenvalue weighted by atomic mass is 9.89. The van der Waals surface area contributed by atoms with Crippen LogP contribution in [-0.4, -0.2) is 65.1 Å². The summed E-state index contributed by atoms with van der Waals surface area (Å²) in [4.78, 5) is 12.0. The molecule has 1 aliphatic rings. The Labute approximate surface area is 187 Å². The highest BCUT2D eigenvalue weighted by molar-refractivity contribution is 7.88. The van der Waals surface area contributed by atoms with Gasteiger partial charge in [-0.2, -0.15) is 0 Å². The zero-order valence-corrected chi connectivity index (χ0v) is 20.0. The van der Waals surface area contributed by atoms with Crippen LogP contribution in [0.2, 0.25) is 0 Å². The maximum absolute atomic E-state index is 12.0. The largest absolute Gasteiger partial charge is 0.393 e. The van der Waals surface area contributed by atoms with Gasteiger partial charge in [-0.25, -0.2) is 12.7 Å². The fourth-order valence-corrected chi connectivity index (χ4v) is 5.06. The molecule has 0 aromatic heterocycles. The Morgan fingerprint density at radius 2 is 1.84 bits per heavy atom. The van der Waals surface area contributed by atoms with Gasteiger partial charge in [0, 0.05) is 25.3 Å². The molecular formula is C23H41NO6S. The molecule has 1 fully saturated rings. The number of carbonyl (C=O) groups excluding carboxylic acids is 1. The molecule has 0 unspecified atom stereocenters. The predicted octanol–water partition coefficient (Wildman–Crippen LogP) is 2.77. The Bertz CT molecular complexity index is 690. The van der Waals surface area contributed by atoms with Crippen molar-refractivity contribution in [1.82, 2.24) is 4.31 Å². The summed E-state index contributed by atoms with van der Waals surface area (Å²) in [7, 11) is -3.52. The van der Waals surface area contributed by atoms with Crippen molar-refractivity contribution in [2.75, 3.05) is 12.8 Å². The van der Waals surface area contributed by atoms with Gasteiger partial charge in [0.1, 0.15) is 0 Å². The number of hydrogen-bond donors (Lipinski definition) is 3. The third-order valence-corrected chi connectivity index (χ3v) is 7.14. The summed E-state index contributed by atoms with van der Waals surface area (Å²) >= 11 is 0. The summed E-state index contributed by atoms with van der Waals surface area (Å²) in [5.74, 6) is -0.710. The van der Waals surface area contributed by atoms with Crippen LogP contribution in [0.1, 0.15) is 71.6 Å². The molecule has 0 aromatic carbocycles. The minimum absolute atomic E-state index is 0.118. The van der Waals surface area contributed by atoms with Crippen LogP contribution in [0.25, 0.3) is 0 Å². The first kappa shape index (κ1) is 27.8. The molecule has 1 amide bonds. The van der Waals surface area contributed by atoms with Crippen molar-refractivity contribution in [2.24, 2.45) is 11.8 Å². The van der Waals surface area contributed by atoms with Gasteiger partial charge in [0.15, 0.2) is 0 Å². The Morgan fingerprint density at radius 1 is 1.13 bits per heavy atom. The lowest BCUT2D eigenvalue weighted by Gasteiger charge is -2.19. The minimum Gasteiger partial charge on any atom is -0.393 e.